The molecule has 186 valence electrons. The van der Waals surface area contributed by atoms with Crippen LogP contribution < -0.4 is 10.6 Å². The fraction of sp³-hybridized carbons (Fsp3) is 0.654. The largest absolute Gasteiger partial charge is 0.394 e. The van der Waals surface area contributed by atoms with E-state index in [2.05, 4.69) is 10.6 Å². The highest BCUT2D eigenvalue weighted by Gasteiger charge is 2.80. The molecule has 8 atom stereocenters. The average molecular weight is 472 g/mol. The lowest BCUT2D eigenvalue weighted by Crippen LogP contribution is -2.59. The number of nitrogens with zero attached hydrogens (tertiary/aromatic N) is 1. The summed E-state index contributed by atoms with van der Waals surface area (Å²) in [7, 11) is 1.56. The number of aliphatic hydroxyl groups excluding tert-OH is 1. The molecule has 3 aliphatic rings. The quantitative estimate of drug-likeness (QED) is 0.532. The van der Waals surface area contributed by atoms with Crippen molar-refractivity contribution in [2.24, 2.45) is 23.7 Å². The van der Waals surface area contributed by atoms with Gasteiger partial charge in [-0.1, -0.05) is 57.5 Å². The van der Waals surface area contributed by atoms with Gasteiger partial charge in [0.1, 0.15) is 11.6 Å². The first kappa shape index (κ1) is 24.7. The molecule has 8 nitrogen and oxygen atoms in total. The molecule has 34 heavy (non-hydrogen) atoms. The normalized spacial score (nSPS) is 35.7. The number of hydrogen-bond acceptors (Lipinski definition) is 5. The van der Waals surface area contributed by atoms with Crippen LogP contribution in [0, 0.1) is 23.7 Å². The number of fused-ring (bicyclic) bond motifs is 1. The summed E-state index contributed by atoms with van der Waals surface area (Å²) >= 11 is 0. The van der Waals surface area contributed by atoms with E-state index < -0.39 is 35.1 Å². The molecule has 3 amide bonds. The van der Waals surface area contributed by atoms with Crippen LogP contribution in [-0.4, -0.2) is 64.7 Å². The number of rotatable bonds is 8. The van der Waals surface area contributed by atoms with Crippen LogP contribution in [0.3, 0.4) is 0 Å². The van der Waals surface area contributed by atoms with E-state index in [1.165, 1.54) is 0 Å². The number of amides is 3. The minimum Gasteiger partial charge on any atom is -0.394 e. The first-order valence-corrected chi connectivity index (χ1v) is 12.3. The highest BCUT2D eigenvalue weighted by atomic mass is 16.5. The van der Waals surface area contributed by atoms with Crippen LogP contribution in [0.4, 0.5) is 0 Å². The van der Waals surface area contributed by atoms with Crippen LogP contribution in [0.2, 0.25) is 0 Å². The fourth-order valence-electron chi connectivity index (χ4n) is 6.58. The standard InChI is InChI=1S/C26H37N3O5/c1-6-15(2)18(14-30)29-21(23(32)28-13-17-10-8-7-9-11-17)26-12-16(3)25(4,34-26)19(22(31)27-5)20(26)24(29)33/h7-11,15-16,18-21,30H,6,12-14H2,1-5H3,(H,27,31)(H,28,32)/t15-,16?,18-,19-,20-,21?,25+,26?/m0/s1. The van der Waals surface area contributed by atoms with E-state index in [1.54, 1.807) is 11.9 Å². The fourth-order valence-corrected chi connectivity index (χ4v) is 6.58. The van der Waals surface area contributed by atoms with E-state index in [0.717, 1.165) is 12.0 Å². The third-order valence-electron chi connectivity index (χ3n) is 8.68. The zero-order valence-electron chi connectivity index (χ0n) is 20.7. The molecule has 3 heterocycles. The molecule has 3 aliphatic heterocycles. The van der Waals surface area contributed by atoms with Crippen LogP contribution >= 0.6 is 0 Å². The molecule has 0 aliphatic carbocycles. The Bertz CT molecular complexity index is 955. The summed E-state index contributed by atoms with van der Waals surface area (Å²) < 4.78 is 6.65. The van der Waals surface area contributed by atoms with Gasteiger partial charge in [-0.05, 0) is 30.7 Å². The van der Waals surface area contributed by atoms with Crippen LogP contribution in [0.15, 0.2) is 30.3 Å². The number of likely N-dealkylation sites (tertiary alicyclic amines) is 1. The van der Waals surface area contributed by atoms with Crippen molar-refractivity contribution in [2.75, 3.05) is 13.7 Å². The van der Waals surface area contributed by atoms with Crippen molar-refractivity contribution >= 4 is 17.7 Å². The molecule has 0 aromatic heterocycles. The first-order chi connectivity index (χ1) is 16.2. The lowest BCUT2D eigenvalue weighted by Gasteiger charge is -2.39. The number of carbonyl (C=O) groups is 3. The van der Waals surface area contributed by atoms with Gasteiger partial charge in [0.25, 0.3) is 0 Å². The van der Waals surface area contributed by atoms with Crippen molar-refractivity contribution in [1.29, 1.82) is 0 Å². The molecule has 3 fully saturated rings. The molecule has 8 heteroatoms. The Kier molecular flexibility index (Phi) is 6.50. The van der Waals surface area contributed by atoms with E-state index in [0.29, 0.717) is 13.0 Å². The van der Waals surface area contributed by atoms with Crippen molar-refractivity contribution in [3.05, 3.63) is 35.9 Å². The van der Waals surface area contributed by atoms with Gasteiger partial charge in [0.15, 0.2) is 0 Å². The first-order valence-electron chi connectivity index (χ1n) is 12.3. The predicted octanol–water partition coefficient (Wildman–Crippen LogP) is 1.47. The minimum absolute atomic E-state index is 0.0144. The highest BCUT2D eigenvalue weighted by molar-refractivity contribution is 5.99. The van der Waals surface area contributed by atoms with Gasteiger partial charge in [0.05, 0.1) is 30.1 Å². The van der Waals surface area contributed by atoms with Crippen molar-refractivity contribution in [1.82, 2.24) is 15.5 Å². The summed E-state index contributed by atoms with van der Waals surface area (Å²) in [4.78, 5) is 42.5. The zero-order valence-corrected chi connectivity index (χ0v) is 20.7. The SMILES string of the molecule is CC[C@H](C)[C@H](CO)N1C(=O)[C@@H]2[C@@H](C(=O)NC)[C@]3(C)OC2(CC3C)C1C(=O)NCc1ccccc1. The summed E-state index contributed by atoms with van der Waals surface area (Å²) in [6.45, 7) is 7.93. The topological polar surface area (TPSA) is 108 Å². The second kappa shape index (κ2) is 8.96. The summed E-state index contributed by atoms with van der Waals surface area (Å²) in [5.74, 6) is -2.34. The summed E-state index contributed by atoms with van der Waals surface area (Å²) in [6, 6.07) is 8.12. The molecule has 0 saturated carbocycles. The summed E-state index contributed by atoms with van der Waals surface area (Å²) in [5, 5.41) is 16.0. The minimum atomic E-state index is -1.11. The van der Waals surface area contributed by atoms with Gasteiger partial charge in [0, 0.05) is 13.6 Å². The maximum Gasteiger partial charge on any atom is 0.246 e. The van der Waals surface area contributed by atoms with Gasteiger partial charge in [-0.25, -0.2) is 0 Å². The Hall–Kier alpha value is -2.45. The Morgan fingerprint density at radius 3 is 2.53 bits per heavy atom. The van der Waals surface area contributed by atoms with E-state index in [9.17, 15) is 19.5 Å². The molecule has 3 N–H and O–H groups in total. The molecular weight excluding hydrogens is 434 g/mol. The van der Waals surface area contributed by atoms with Crippen molar-refractivity contribution in [2.45, 2.75) is 70.4 Å². The lowest BCUT2D eigenvalue weighted by molar-refractivity contribution is -0.152. The monoisotopic (exact) mass is 471 g/mol. The molecule has 2 bridgehead atoms. The number of benzene rings is 1. The van der Waals surface area contributed by atoms with Gasteiger partial charge < -0.3 is 25.4 Å². The highest BCUT2D eigenvalue weighted by Crippen LogP contribution is 2.65. The molecular formula is C26H37N3O5. The van der Waals surface area contributed by atoms with Crippen LogP contribution in [0.1, 0.15) is 46.1 Å². The maximum absolute atomic E-state index is 14.0. The van der Waals surface area contributed by atoms with E-state index >= 15 is 0 Å². The molecule has 0 radical (unpaired) electrons. The summed E-state index contributed by atoms with van der Waals surface area (Å²) in [5.41, 5.74) is -0.999. The second-order valence-electron chi connectivity index (χ2n) is 10.4. The Balaban J connectivity index is 1.77. The predicted molar refractivity (Wildman–Crippen MR) is 126 cm³/mol. The van der Waals surface area contributed by atoms with Gasteiger partial charge in [-0.15, -0.1) is 0 Å². The molecule has 1 aromatic carbocycles. The molecule has 4 rings (SSSR count). The van der Waals surface area contributed by atoms with Gasteiger partial charge >= 0.3 is 0 Å². The van der Waals surface area contributed by atoms with Crippen molar-refractivity contribution in [3.63, 3.8) is 0 Å². The smallest absolute Gasteiger partial charge is 0.246 e. The van der Waals surface area contributed by atoms with Crippen molar-refractivity contribution < 1.29 is 24.2 Å². The number of aliphatic hydroxyl groups is 1. The van der Waals surface area contributed by atoms with Crippen LogP contribution in [-0.2, 0) is 25.7 Å². The van der Waals surface area contributed by atoms with Gasteiger partial charge in [0.2, 0.25) is 17.7 Å². The average Bonchev–Trinajstić information content (AvgIpc) is 3.35. The van der Waals surface area contributed by atoms with E-state index in [-0.39, 0.29) is 36.2 Å². The third kappa shape index (κ3) is 3.45. The third-order valence-corrected chi connectivity index (χ3v) is 8.68. The van der Waals surface area contributed by atoms with Crippen molar-refractivity contribution in [3.8, 4) is 0 Å². The Morgan fingerprint density at radius 2 is 1.94 bits per heavy atom. The van der Waals surface area contributed by atoms with Crippen LogP contribution in [0.5, 0.6) is 0 Å². The number of ether oxygens (including phenoxy) is 1. The molecule has 3 saturated heterocycles. The van der Waals surface area contributed by atoms with E-state index in [1.807, 2.05) is 58.0 Å². The summed E-state index contributed by atoms with van der Waals surface area (Å²) in [6.07, 6.45) is 1.24. The molecule has 3 unspecified atom stereocenters. The lowest BCUT2D eigenvalue weighted by atomic mass is 9.62. The van der Waals surface area contributed by atoms with E-state index in [4.69, 9.17) is 4.74 Å². The number of hydrogen-bond donors (Lipinski definition) is 3. The molecule has 1 spiro atoms. The second-order valence-corrected chi connectivity index (χ2v) is 10.4. The number of nitrogens with one attached hydrogen (secondary N) is 2. The zero-order chi connectivity index (χ0) is 24.8. The Labute approximate surface area is 201 Å². The Morgan fingerprint density at radius 1 is 1.26 bits per heavy atom. The number of carbonyl (C=O) groups excluding carboxylic acids is 3. The van der Waals surface area contributed by atoms with Crippen LogP contribution in [0.25, 0.3) is 0 Å². The maximum atomic E-state index is 14.0. The van der Waals surface area contributed by atoms with Gasteiger partial charge in [-0.3, -0.25) is 14.4 Å². The van der Waals surface area contributed by atoms with Gasteiger partial charge in [-0.2, -0.15) is 0 Å². The molecule has 1 aromatic rings.